The summed E-state index contributed by atoms with van der Waals surface area (Å²) < 4.78 is 5.95. The number of fused-ring (bicyclic) bond motifs is 1. The number of pyridine rings is 1. The number of nitrogens with zero attached hydrogens (tertiary/aromatic N) is 4. The van der Waals surface area contributed by atoms with Crippen LogP contribution in [0.3, 0.4) is 0 Å². The molecule has 6 heteroatoms. The topological polar surface area (TPSA) is 57.3 Å². The first-order valence-corrected chi connectivity index (χ1v) is 7.95. The first-order chi connectivity index (χ1) is 10.6. The molecule has 0 unspecified atom stereocenters. The lowest BCUT2D eigenvalue weighted by Crippen LogP contribution is -2.38. The number of likely N-dealkylation sites (N-methyl/N-ethyl adjacent to an activating group) is 1. The van der Waals surface area contributed by atoms with Crippen molar-refractivity contribution in [3.05, 3.63) is 18.0 Å². The Balaban J connectivity index is 1.57. The third-order valence-corrected chi connectivity index (χ3v) is 4.27. The minimum Gasteiger partial charge on any atom is -0.377 e. The Bertz CT molecular complexity index is 616. The van der Waals surface area contributed by atoms with Gasteiger partial charge < -0.3 is 14.5 Å². The van der Waals surface area contributed by atoms with Crippen LogP contribution < -0.4 is 4.90 Å². The zero-order valence-electron chi connectivity index (χ0n) is 13.7. The summed E-state index contributed by atoms with van der Waals surface area (Å²) in [6.45, 7) is 5.85. The number of piperidine rings is 1. The highest BCUT2D eigenvalue weighted by atomic mass is 16.5. The van der Waals surface area contributed by atoms with Crippen molar-refractivity contribution in [1.29, 1.82) is 0 Å². The Hall–Kier alpha value is -1.66. The van der Waals surface area contributed by atoms with E-state index in [4.69, 9.17) is 4.74 Å². The van der Waals surface area contributed by atoms with E-state index in [0.717, 1.165) is 61.5 Å². The Kier molecular flexibility index (Phi) is 4.59. The maximum atomic E-state index is 5.95. The van der Waals surface area contributed by atoms with Gasteiger partial charge in [-0.3, -0.25) is 5.10 Å². The van der Waals surface area contributed by atoms with Crippen LogP contribution in [0.1, 0.15) is 18.5 Å². The summed E-state index contributed by atoms with van der Waals surface area (Å²) in [6.07, 6.45) is 4.37. The summed E-state index contributed by atoms with van der Waals surface area (Å²) in [5.41, 5.74) is 2.03. The summed E-state index contributed by atoms with van der Waals surface area (Å²) in [5.74, 6) is 1.05. The molecular formula is C16H25N5O. The molecular weight excluding hydrogens is 278 g/mol. The second kappa shape index (κ2) is 6.62. The number of rotatable bonds is 5. The van der Waals surface area contributed by atoms with Gasteiger partial charge in [-0.05, 0) is 39.9 Å². The van der Waals surface area contributed by atoms with E-state index >= 15 is 0 Å². The van der Waals surface area contributed by atoms with Crippen LogP contribution in [0.5, 0.6) is 0 Å². The fraction of sp³-hybridized carbons (Fsp3) is 0.625. The standard InChI is InChI=1S/C16H25N5O/c1-12-14-10-16(17-11-15(14)19-18-12)21-6-4-13(5-7-21)22-9-8-20(2)3/h10-11,13H,4-9H2,1-3H3,(H,18,19). The number of hydrogen-bond acceptors (Lipinski definition) is 5. The summed E-state index contributed by atoms with van der Waals surface area (Å²) in [5, 5.41) is 8.41. The molecule has 6 nitrogen and oxygen atoms in total. The molecule has 1 fully saturated rings. The molecule has 3 heterocycles. The summed E-state index contributed by atoms with van der Waals surface area (Å²) >= 11 is 0. The van der Waals surface area contributed by atoms with Crippen LogP contribution in [0, 0.1) is 6.92 Å². The average molecular weight is 303 g/mol. The van der Waals surface area contributed by atoms with Gasteiger partial charge in [-0.2, -0.15) is 5.10 Å². The smallest absolute Gasteiger partial charge is 0.129 e. The van der Waals surface area contributed by atoms with Gasteiger partial charge in [0.25, 0.3) is 0 Å². The van der Waals surface area contributed by atoms with Crippen molar-refractivity contribution in [2.75, 3.05) is 45.2 Å². The van der Waals surface area contributed by atoms with Crippen molar-refractivity contribution in [3.63, 3.8) is 0 Å². The molecule has 0 bridgehead atoms. The quantitative estimate of drug-likeness (QED) is 0.913. The molecule has 0 radical (unpaired) electrons. The van der Waals surface area contributed by atoms with Gasteiger partial charge in [0.05, 0.1) is 18.9 Å². The lowest BCUT2D eigenvalue weighted by Gasteiger charge is -2.33. The Labute approximate surface area is 131 Å². The van der Waals surface area contributed by atoms with Crippen LogP contribution in [0.25, 0.3) is 10.9 Å². The highest BCUT2D eigenvalue weighted by Crippen LogP contribution is 2.23. The number of aromatic nitrogens is 3. The fourth-order valence-corrected chi connectivity index (χ4v) is 2.86. The predicted molar refractivity (Wildman–Crippen MR) is 88.4 cm³/mol. The van der Waals surface area contributed by atoms with E-state index in [1.165, 1.54) is 0 Å². The van der Waals surface area contributed by atoms with Crippen LogP contribution in [-0.2, 0) is 4.74 Å². The van der Waals surface area contributed by atoms with E-state index in [9.17, 15) is 0 Å². The molecule has 120 valence electrons. The number of H-pyrrole nitrogens is 1. The van der Waals surface area contributed by atoms with E-state index in [1.807, 2.05) is 13.1 Å². The van der Waals surface area contributed by atoms with Crippen molar-refractivity contribution >= 4 is 16.7 Å². The lowest BCUT2D eigenvalue weighted by molar-refractivity contribution is 0.0293. The molecule has 0 saturated carbocycles. The van der Waals surface area contributed by atoms with E-state index in [1.54, 1.807) is 0 Å². The van der Waals surface area contributed by atoms with Gasteiger partial charge in [0, 0.05) is 30.7 Å². The van der Waals surface area contributed by atoms with Crippen molar-refractivity contribution in [1.82, 2.24) is 20.1 Å². The number of hydrogen-bond donors (Lipinski definition) is 1. The Morgan fingerprint density at radius 1 is 1.36 bits per heavy atom. The largest absolute Gasteiger partial charge is 0.377 e. The van der Waals surface area contributed by atoms with E-state index < -0.39 is 0 Å². The number of ether oxygens (including phenoxy) is 1. The summed E-state index contributed by atoms with van der Waals surface area (Å²) in [7, 11) is 4.15. The molecule has 1 saturated heterocycles. The third kappa shape index (κ3) is 3.39. The van der Waals surface area contributed by atoms with Gasteiger partial charge in [0.2, 0.25) is 0 Å². The van der Waals surface area contributed by atoms with E-state index in [-0.39, 0.29) is 0 Å². The predicted octanol–water partition coefficient (Wildman–Crippen LogP) is 1.81. The Morgan fingerprint density at radius 3 is 2.86 bits per heavy atom. The fourth-order valence-electron chi connectivity index (χ4n) is 2.86. The van der Waals surface area contributed by atoms with Gasteiger partial charge in [-0.1, -0.05) is 0 Å². The monoisotopic (exact) mass is 303 g/mol. The van der Waals surface area contributed by atoms with Crippen molar-refractivity contribution in [2.45, 2.75) is 25.9 Å². The zero-order valence-corrected chi connectivity index (χ0v) is 13.7. The zero-order chi connectivity index (χ0) is 15.5. The average Bonchev–Trinajstić information content (AvgIpc) is 2.89. The maximum absolute atomic E-state index is 5.95. The number of nitrogens with one attached hydrogen (secondary N) is 1. The van der Waals surface area contributed by atoms with Gasteiger partial charge in [0.15, 0.2) is 0 Å². The Morgan fingerprint density at radius 2 is 2.14 bits per heavy atom. The maximum Gasteiger partial charge on any atom is 0.129 e. The van der Waals surface area contributed by atoms with Gasteiger partial charge >= 0.3 is 0 Å². The van der Waals surface area contributed by atoms with Crippen LogP contribution in [0.4, 0.5) is 5.82 Å². The molecule has 0 atom stereocenters. The third-order valence-electron chi connectivity index (χ3n) is 4.27. The van der Waals surface area contributed by atoms with Crippen molar-refractivity contribution < 1.29 is 4.74 Å². The SMILES string of the molecule is Cc1[nH]nc2cnc(N3CCC(OCCN(C)C)CC3)cc12. The number of aromatic amines is 1. The second-order valence-electron chi connectivity index (χ2n) is 6.27. The highest BCUT2D eigenvalue weighted by molar-refractivity contribution is 5.82. The molecule has 3 rings (SSSR count). The summed E-state index contributed by atoms with van der Waals surface area (Å²) in [4.78, 5) is 9.05. The molecule has 1 aliphatic heterocycles. The van der Waals surface area contributed by atoms with E-state index in [2.05, 4.69) is 45.1 Å². The number of aryl methyl sites for hydroxylation is 1. The molecule has 0 amide bonds. The molecule has 0 spiro atoms. The molecule has 2 aromatic rings. The second-order valence-corrected chi connectivity index (χ2v) is 6.27. The first kappa shape index (κ1) is 15.2. The molecule has 1 aliphatic rings. The summed E-state index contributed by atoms with van der Waals surface area (Å²) in [6, 6.07) is 2.14. The molecule has 22 heavy (non-hydrogen) atoms. The lowest BCUT2D eigenvalue weighted by atomic mass is 10.1. The molecule has 1 N–H and O–H groups in total. The van der Waals surface area contributed by atoms with Crippen LogP contribution >= 0.6 is 0 Å². The van der Waals surface area contributed by atoms with E-state index in [0.29, 0.717) is 6.10 Å². The van der Waals surface area contributed by atoms with Gasteiger partial charge in [-0.15, -0.1) is 0 Å². The van der Waals surface area contributed by atoms with Crippen molar-refractivity contribution in [3.8, 4) is 0 Å². The van der Waals surface area contributed by atoms with Crippen molar-refractivity contribution in [2.24, 2.45) is 0 Å². The van der Waals surface area contributed by atoms with Gasteiger partial charge in [-0.25, -0.2) is 4.98 Å². The van der Waals surface area contributed by atoms with Crippen LogP contribution in [-0.4, -0.2) is 66.5 Å². The minimum atomic E-state index is 0.385. The molecule has 0 aliphatic carbocycles. The van der Waals surface area contributed by atoms with Crippen LogP contribution in [0.15, 0.2) is 12.3 Å². The molecule has 2 aromatic heterocycles. The highest BCUT2D eigenvalue weighted by Gasteiger charge is 2.21. The minimum absolute atomic E-state index is 0.385. The molecule has 0 aromatic carbocycles. The van der Waals surface area contributed by atoms with Gasteiger partial charge in [0.1, 0.15) is 11.3 Å². The first-order valence-electron chi connectivity index (χ1n) is 7.95. The number of anilines is 1. The van der Waals surface area contributed by atoms with Crippen LogP contribution in [0.2, 0.25) is 0 Å². The normalized spacial score (nSPS) is 16.8.